The fourth-order valence-corrected chi connectivity index (χ4v) is 1.35. The summed E-state index contributed by atoms with van der Waals surface area (Å²) in [5.74, 6) is 1.17. The normalized spacial score (nSPS) is 10.6. The number of benzene rings is 1. The van der Waals surface area contributed by atoms with Crippen molar-refractivity contribution < 1.29 is 14.4 Å². The minimum absolute atomic E-state index is 0.212. The number of aromatic hydroxyl groups is 1. The van der Waals surface area contributed by atoms with Crippen molar-refractivity contribution >= 4 is 0 Å². The zero-order valence-electron chi connectivity index (χ0n) is 9.59. The first kappa shape index (κ1) is 11.6. The van der Waals surface area contributed by atoms with Gasteiger partial charge >= 0.3 is 0 Å². The van der Waals surface area contributed by atoms with Gasteiger partial charge in [-0.05, 0) is 30.7 Å². The predicted molar refractivity (Wildman–Crippen MR) is 61.3 cm³/mol. The zero-order valence-corrected chi connectivity index (χ0v) is 9.59. The van der Waals surface area contributed by atoms with Crippen LogP contribution in [0.4, 0.5) is 0 Å². The first-order valence-corrected chi connectivity index (χ1v) is 5.49. The number of ether oxygens (including phenoxy) is 1. The first-order chi connectivity index (χ1) is 8.29. The SMILES string of the molecule is CCCOCc1nc(-c2ccc(O)cc2)no1. The maximum absolute atomic E-state index is 9.17. The molecule has 0 unspecified atom stereocenters. The van der Waals surface area contributed by atoms with Crippen molar-refractivity contribution in [2.45, 2.75) is 20.0 Å². The van der Waals surface area contributed by atoms with Crippen LogP contribution in [-0.2, 0) is 11.3 Å². The Labute approximate surface area is 99.0 Å². The van der Waals surface area contributed by atoms with Gasteiger partial charge in [-0.25, -0.2) is 0 Å². The van der Waals surface area contributed by atoms with E-state index in [1.165, 1.54) is 0 Å². The molecule has 17 heavy (non-hydrogen) atoms. The molecule has 2 rings (SSSR count). The minimum atomic E-state index is 0.212. The molecule has 5 heteroatoms. The van der Waals surface area contributed by atoms with Crippen molar-refractivity contribution in [1.29, 1.82) is 0 Å². The van der Waals surface area contributed by atoms with Crippen molar-refractivity contribution in [3.8, 4) is 17.1 Å². The summed E-state index contributed by atoms with van der Waals surface area (Å²) in [5, 5.41) is 13.0. The lowest BCUT2D eigenvalue weighted by atomic mass is 10.2. The van der Waals surface area contributed by atoms with Gasteiger partial charge in [0.15, 0.2) is 0 Å². The number of aromatic nitrogens is 2. The van der Waals surface area contributed by atoms with E-state index in [1.54, 1.807) is 24.3 Å². The van der Waals surface area contributed by atoms with E-state index in [2.05, 4.69) is 10.1 Å². The van der Waals surface area contributed by atoms with Crippen molar-refractivity contribution in [3.63, 3.8) is 0 Å². The molecule has 0 aliphatic carbocycles. The summed E-state index contributed by atoms with van der Waals surface area (Å²) in [4.78, 5) is 4.20. The quantitative estimate of drug-likeness (QED) is 0.804. The van der Waals surface area contributed by atoms with Gasteiger partial charge in [0.25, 0.3) is 5.89 Å². The Kier molecular flexibility index (Phi) is 3.72. The van der Waals surface area contributed by atoms with E-state index in [0.717, 1.165) is 12.0 Å². The third kappa shape index (κ3) is 3.04. The number of phenols is 1. The second-order valence-corrected chi connectivity index (χ2v) is 3.61. The van der Waals surface area contributed by atoms with E-state index in [4.69, 9.17) is 14.4 Å². The summed E-state index contributed by atoms with van der Waals surface area (Å²) in [6.07, 6.45) is 0.957. The van der Waals surface area contributed by atoms with Crippen molar-refractivity contribution in [2.75, 3.05) is 6.61 Å². The second-order valence-electron chi connectivity index (χ2n) is 3.61. The number of nitrogens with zero attached hydrogens (tertiary/aromatic N) is 2. The number of rotatable bonds is 5. The van der Waals surface area contributed by atoms with Gasteiger partial charge in [-0.1, -0.05) is 12.1 Å². The predicted octanol–water partition coefficient (Wildman–Crippen LogP) is 2.37. The lowest BCUT2D eigenvalue weighted by Crippen LogP contribution is -1.94. The van der Waals surface area contributed by atoms with Gasteiger partial charge in [0, 0.05) is 12.2 Å². The Morgan fingerprint density at radius 2 is 2.06 bits per heavy atom. The molecular weight excluding hydrogens is 220 g/mol. The molecule has 0 radical (unpaired) electrons. The fraction of sp³-hybridized carbons (Fsp3) is 0.333. The molecule has 0 saturated heterocycles. The highest BCUT2D eigenvalue weighted by Crippen LogP contribution is 2.19. The van der Waals surface area contributed by atoms with Crippen LogP contribution >= 0.6 is 0 Å². The smallest absolute Gasteiger partial charge is 0.252 e. The van der Waals surface area contributed by atoms with Gasteiger partial charge in [0.1, 0.15) is 12.4 Å². The van der Waals surface area contributed by atoms with Gasteiger partial charge in [0.2, 0.25) is 5.82 Å². The summed E-state index contributed by atoms with van der Waals surface area (Å²) in [6, 6.07) is 6.63. The van der Waals surface area contributed by atoms with Gasteiger partial charge in [-0.3, -0.25) is 0 Å². The van der Waals surface area contributed by atoms with E-state index in [9.17, 15) is 0 Å². The van der Waals surface area contributed by atoms with Crippen molar-refractivity contribution in [2.24, 2.45) is 0 Å². The lowest BCUT2D eigenvalue weighted by Gasteiger charge is -1.95. The van der Waals surface area contributed by atoms with Crippen LogP contribution in [-0.4, -0.2) is 21.9 Å². The molecule has 0 fully saturated rings. The molecule has 0 bridgehead atoms. The van der Waals surface area contributed by atoms with Crippen molar-refractivity contribution in [1.82, 2.24) is 10.1 Å². The van der Waals surface area contributed by atoms with Gasteiger partial charge < -0.3 is 14.4 Å². The third-order valence-electron chi connectivity index (χ3n) is 2.17. The van der Waals surface area contributed by atoms with E-state index in [1.807, 2.05) is 6.92 Å². The van der Waals surface area contributed by atoms with Crippen LogP contribution in [0.25, 0.3) is 11.4 Å². The summed E-state index contributed by atoms with van der Waals surface area (Å²) in [7, 11) is 0. The molecule has 0 amide bonds. The average molecular weight is 234 g/mol. The van der Waals surface area contributed by atoms with Crippen LogP contribution < -0.4 is 0 Å². The molecule has 1 aromatic carbocycles. The third-order valence-corrected chi connectivity index (χ3v) is 2.17. The number of hydrogen-bond acceptors (Lipinski definition) is 5. The van der Waals surface area contributed by atoms with E-state index >= 15 is 0 Å². The minimum Gasteiger partial charge on any atom is -0.508 e. The highest BCUT2D eigenvalue weighted by molar-refractivity contribution is 5.55. The van der Waals surface area contributed by atoms with Crippen LogP contribution in [0.15, 0.2) is 28.8 Å². The molecule has 0 spiro atoms. The Morgan fingerprint density at radius 3 is 2.76 bits per heavy atom. The average Bonchev–Trinajstić information content (AvgIpc) is 2.79. The van der Waals surface area contributed by atoms with Crippen LogP contribution in [0.3, 0.4) is 0 Å². The number of phenolic OH excluding ortho intramolecular Hbond substituents is 1. The van der Waals surface area contributed by atoms with Gasteiger partial charge in [0.05, 0.1) is 0 Å². The summed E-state index contributed by atoms with van der Waals surface area (Å²) < 4.78 is 10.3. The Morgan fingerprint density at radius 1 is 1.29 bits per heavy atom. The molecule has 0 atom stereocenters. The summed E-state index contributed by atoms with van der Waals surface area (Å²) in [5.41, 5.74) is 0.799. The van der Waals surface area contributed by atoms with Crippen LogP contribution in [0.1, 0.15) is 19.2 Å². The first-order valence-electron chi connectivity index (χ1n) is 5.49. The standard InChI is InChI=1S/C12H14N2O3/c1-2-7-16-8-11-13-12(14-17-11)9-3-5-10(15)6-4-9/h3-6,15H,2,7-8H2,1H3. The molecule has 2 aromatic rings. The molecular formula is C12H14N2O3. The Bertz CT molecular complexity index is 465. The topological polar surface area (TPSA) is 68.4 Å². The van der Waals surface area contributed by atoms with Crippen LogP contribution in [0.2, 0.25) is 0 Å². The Hall–Kier alpha value is -1.88. The highest BCUT2D eigenvalue weighted by Gasteiger charge is 2.08. The molecule has 1 aromatic heterocycles. The molecule has 90 valence electrons. The summed E-state index contributed by atoms with van der Waals surface area (Å²) >= 11 is 0. The lowest BCUT2D eigenvalue weighted by molar-refractivity contribution is 0.0982. The van der Waals surface area contributed by atoms with Crippen LogP contribution in [0, 0.1) is 0 Å². The van der Waals surface area contributed by atoms with Crippen molar-refractivity contribution in [3.05, 3.63) is 30.2 Å². The van der Waals surface area contributed by atoms with E-state index in [0.29, 0.717) is 24.9 Å². The Balaban J connectivity index is 2.04. The molecule has 1 heterocycles. The van der Waals surface area contributed by atoms with Crippen LogP contribution in [0.5, 0.6) is 5.75 Å². The second kappa shape index (κ2) is 5.45. The fourth-order valence-electron chi connectivity index (χ4n) is 1.35. The van der Waals surface area contributed by atoms with E-state index in [-0.39, 0.29) is 5.75 Å². The maximum Gasteiger partial charge on any atom is 0.252 e. The highest BCUT2D eigenvalue weighted by atomic mass is 16.5. The largest absolute Gasteiger partial charge is 0.508 e. The van der Waals surface area contributed by atoms with Gasteiger partial charge in [-0.2, -0.15) is 4.98 Å². The number of hydrogen-bond donors (Lipinski definition) is 1. The molecule has 0 saturated carbocycles. The zero-order chi connectivity index (χ0) is 12.1. The van der Waals surface area contributed by atoms with E-state index < -0.39 is 0 Å². The maximum atomic E-state index is 9.17. The monoisotopic (exact) mass is 234 g/mol. The van der Waals surface area contributed by atoms with Gasteiger partial charge in [-0.15, -0.1) is 0 Å². The molecule has 0 aliphatic heterocycles. The summed E-state index contributed by atoms with van der Waals surface area (Å²) in [6.45, 7) is 3.05. The molecule has 5 nitrogen and oxygen atoms in total. The molecule has 1 N–H and O–H groups in total. The molecule has 0 aliphatic rings.